The number of aromatic nitrogens is 3. The number of nitrogen functional groups attached to an aromatic ring is 1. The normalized spacial score (nSPS) is 10.8. The van der Waals surface area contributed by atoms with Gasteiger partial charge in [0.1, 0.15) is 5.82 Å². The number of anilines is 1. The Balaban J connectivity index is 2.22. The number of hydrogen-bond acceptors (Lipinski definition) is 3. The number of nitrogens with zero attached hydrogens (tertiary/aromatic N) is 3. The van der Waals surface area contributed by atoms with Crippen molar-refractivity contribution in [2.24, 2.45) is 0 Å². The lowest BCUT2D eigenvalue weighted by atomic mass is 10.4. The fourth-order valence-corrected chi connectivity index (χ4v) is 1.71. The van der Waals surface area contributed by atoms with Crippen LogP contribution in [0.15, 0.2) is 48.9 Å². The monoisotopic (exact) mass is 210 g/mol. The lowest BCUT2D eigenvalue weighted by Crippen LogP contribution is -1.96. The number of nitrogens with two attached hydrogens (primary N) is 1. The number of hydrogen-bond donors (Lipinski definition) is 1. The summed E-state index contributed by atoms with van der Waals surface area (Å²) in [5.74, 6) is 0.845. The van der Waals surface area contributed by atoms with Gasteiger partial charge in [0.15, 0.2) is 0 Å². The first kappa shape index (κ1) is 8.91. The number of rotatable bonds is 1. The van der Waals surface area contributed by atoms with Crippen LogP contribution in [-0.4, -0.2) is 14.5 Å². The molecule has 0 aliphatic carbocycles. The van der Waals surface area contributed by atoms with Crippen molar-refractivity contribution in [3.8, 4) is 5.82 Å². The minimum absolute atomic E-state index is 0.665. The highest BCUT2D eigenvalue weighted by Crippen LogP contribution is 2.17. The highest BCUT2D eigenvalue weighted by atomic mass is 15.1. The Morgan fingerprint density at radius 1 is 1.06 bits per heavy atom. The summed E-state index contributed by atoms with van der Waals surface area (Å²) < 4.78 is 1.99. The van der Waals surface area contributed by atoms with Crippen LogP contribution < -0.4 is 5.73 Å². The van der Waals surface area contributed by atoms with E-state index < -0.39 is 0 Å². The van der Waals surface area contributed by atoms with E-state index in [2.05, 4.69) is 9.97 Å². The third-order valence-corrected chi connectivity index (χ3v) is 2.47. The molecular weight excluding hydrogens is 200 g/mol. The highest BCUT2D eigenvalue weighted by Gasteiger charge is 2.03. The smallest absolute Gasteiger partial charge is 0.137 e. The van der Waals surface area contributed by atoms with Crippen LogP contribution in [0.25, 0.3) is 16.9 Å². The molecule has 0 unspecified atom stereocenters. The molecule has 0 aromatic carbocycles. The van der Waals surface area contributed by atoms with Crippen LogP contribution in [-0.2, 0) is 0 Å². The van der Waals surface area contributed by atoms with Gasteiger partial charge in [0, 0.05) is 12.4 Å². The molecule has 3 aromatic rings. The van der Waals surface area contributed by atoms with E-state index in [4.69, 9.17) is 5.73 Å². The van der Waals surface area contributed by atoms with Gasteiger partial charge in [-0.25, -0.2) is 4.98 Å². The van der Waals surface area contributed by atoms with E-state index in [1.807, 2.05) is 41.1 Å². The summed E-state index contributed by atoms with van der Waals surface area (Å²) in [5, 5.41) is 0. The van der Waals surface area contributed by atoms with Crippen LogP contribution in [0.3, 0.4) is 0 Å². The van der Waals surface area contributed by atoms with Gasteiger partial charge >= 0.3 is 0 Å². The maximum Gasteiger partial charge on any atom is 0.137 e. The summed E-state index contributed by atoms with van der Waals surface area (Å²) in [6.07, 6.45) is 5.39. The van der Waals surface area contributed by atoms with Crippen molar-refractivity contribution < 1.29 is 0 Å². The summed E-state index contributed by atoms with van der Waals surface area (Å²) in [7, 11) is 0. The first-order valence-corrected chi connectivity index (χ1v) is 4.98. The van der Waals surface area contributed by atoms with Crippen molar-refractivity contribution >= 4 is 16.7 Å². The summed E-state index contributed by atoms with van der Waals surface area (Å²) in [6.45, 7) is 0. The average Bonchev–Trinajstić information content (AvgIpc) is 2.74. The van der Waals surface area contributed by atoms with Gasteiger partial charge in [0.2, 0.25) is 0 Å². The van der Waals surface area contributed by atoms with Gasteiger partial charge in [0.05, 0.1) is 22.9 Å². The first-order valence-electron chi connectivity index (χ1n) is 4.98. The minimum atomic E-state index is 0.665. The third kappa shape index (κ3) is 1.32. The molecule has 4 nitrogen and oxygen atoms in total. The zero-order chi connectivity index (χ0) is 11.0. The Morgan fingerprint density at radius 2 is 2.00 bits per heavy atom. The van der Waals surface area contributed by atoms with Gasteiger partial charge in [-0.1, -0.05) is 0 Å². The molecule has 0 fully saturated rings. The Kier molecular flexibility index (Phi) is 1.86. The largest absolute Gasteiger partial charge is 0.397 e. The number of fused-ring (bicyclic) bond motifs is 1. The van der Waals surface area contributed by atoms with Gasteiger partial charge in [-0.15, -0.1) is 0 Å². The summed E-state index contributed by atoms with van der Waals surface area (Å²) in [4.78, 5) is 8.55. The van der Waals surface area contributed by atoms with Crippen LogP contribution in [0.2, 0.25) is 0 Å². The van der Waals surface area contributed by atoms with Gasteiger partial charge < -0.3 is 5.73 Å². The second-order valence-corrected chi connectivity index (χ2v) is 3.54. The van der Waals surface area contributed by atoms with Crippen molar-refractivity contribution in [1.29, 1.82) is 0 Å². The molecule has 0 radical (unpaired) electrons. The van der Waals surface area contributed by atoms with E-state index in [0.717, 1.165) is 16.9 Å². The van der Waals surface area contributed by atoms with Crippen LogP contribution in [0.1, 0.15) is 0 Å². The molecule has 16 heavy (non-hydrogen) atoms. The minimum Gasteiger partial charge on any atom is -0.397 e. The molecule has 3 rings (SSSR count). The second-order valence-electron chi connectivity index (χ2n) is 3.54. The summed E-state index contributed by atoms with van der Waals surface area (Å²) >= 11 is 0. The fourth-order valence-electron chi connectivity index (χ4n) is 1.71. The molecule has 0 atom stereocenters. The van der Waals surface area contributed by atoms with E-state index in [9.17, 15) is 0 Å². The van der Waals surface area contributed by atoms with Crippen molar-refractivity contribution in [2.75, 3.05) is 5.73 Å². The molecule has 0 saturated carbocycles. The Hall–Kier alpha value is -2.36. The summed E-state index contributed by atoms with van der Waals surface area (Å²) in [5.41, 5.74) is 8.27. The van der Waals surface area contributed by atoms with Crippen molar-refractivity contribution in [3.63, 3.8) is 0 Å². The average molecular weight is 210 g/mol. The second kappa shape index (κ2) is 3.34. The quantitative estimate of drug-likeness (QED) is 0.668. The Labute approximate surface area is 92.4 Å². The highest BCUT2D eigenvalue weighted by molar-refractivity contribution is 5.77. The SMILES string of the molecule is Nc1ccc(-n2ccc3ncccc32)nc1. The predicted molar refractivity (Wildman–Crippen MR) is 63.3 cm³/mol. The Bertz CT molecular complexity index is 625. The summed E-state index contributed by atoms with van der Waals surface area (Å²) in [6, 6.07) is 9.62. The molecule has 3 heterocycles. The van der Waals surface area contributed by atoms with E-state index >= 15 is 0 Å². The molecule has 2 N–H and O–H groups in total. The molecule has 78 valence electrons. The van der Waals surface area contributed by atoms with Crippen LogP contribution in [0, 0.1) is 0 Å². The fraction of sp³-hybridized carbons (Fsp3) is 0. The van der Waals surface area contributed by atoms with Crippen LogP contribution in [0.4, 0.5) is 5.69 Å². The number of pyridine rings is 2. The molecule has 0 aliphatic rings. The molecular formula is C12H10N4. The van der Waals surface area contributed by atoms with Crippen LogP contribution >= 0.6 is 0 Å². The maximum atomic E-state index is 5.61. The molecule has 3 aromatic heterocycles. The lowest BCUT2D eigenvalue weighted by molar-refractivity contribution is 1.04. The van der Waals surface area contributed by atoms with E-state index in [0.29, 0.717) is 5.69 Å². The molecule has 4 heteroatoms. The maximum absolute atomic E-state index is 5.61. The standard InChI is InChI=1S/C12H10N4/c13-9-3-4-12(15-8-9)16-7-5-10-11(16)2-1-6-14-10/h1-8H,13H2. The van der Waals surface area contributed by atoms with Gasteiger partial charge in [-0.2, -0.15) is 0 Å². The molecule has 0 aliphatic heterocycles. The van der Waals surface area contributed by atoms with E-state index in [-0.39, 0.29) is 0 Å². The van der Waals surface area contributed by atoms with Crippen LogP contribution in [0.5, 0.6) is 0 Å². The third-order valence-electron chi connectivity index (χ3n) is 2.47. The predicted octanol–water partition coefficient (Wildman–Crippen LogP) is 2.00. The zero-order valence-electron chi connectivity index (χ0n) is 8.54. The van der Waals surface area contributed by atoms with Crippen molar-refractivity contribution in [2.45, 2.75) is 0 Å². The van der Waals surface area contributed by atoms with Crippen molar-refractivity contribution in [3.05, 3.63) is 48.9 Å². The Morgan fingerprint density at radius 3 is 2.81 bits per heavy atom. The van der Waals surface area contributed by atoms with E-state index in [1.165, 1.54) is 0 Å². The van der Waals surface area contributed by atoms with Crippen molar-refractivity contribution in [1.82, 2.24) is 14.5 Å². The van der Waals surface area contributed by atoms with E-state index in [1.54, 1.807) is 12.4 Å². The van der Waals surface area contributed by atoms with Gasteiger partial charge in [0.25, 0.3) is 0 Å². The molecule has 0 spiro atoms. The molecule has 0 amide bonds. The zero-order valence-corrected chi connectivity index (χ0v) is 8.54. The topological polar surface area (TPSA) is 56.7 Å². The molecule has 0 bridgehead atoms. The van der Waals surface area contributed by atoms with Gasteiger partial charge in [-0.3, -0.25) is 9.55 Å². The molecule has 0 saturated heterocycles. The lowest BCUT2D eigenvalue weighted by Gasteiger charge is -2.03. The first-order chi connectivity index (χ1) is 7.84. The van der Waals surface area contributed by atoms with Gasteiger partial charge in [-0.05, 0) is 30.3 Å².